The van der Waals surface area contributed by atoms with Crippen molar-refractivity contribution >= 4 is 5.78 Å². The van der Waals surface area contributed by atoms with E-state index in [4.69, 9.17) is 4.74 Å². The number of hydrogen-bond donors (Lipinski definition) is 1. The molecule has 0 aliphatic rings. The van der Waals surface area contributed by atoms with Gasteiger partial charge < -0.3 is 9.84 Å². The van der Waals surface area contributed by atoms with Crippen LogP contribution < -0.4 is 0 Å². The maximum absolute atomic E-state index is 10.8. The molecule has 1 atom stereocenters. The van der Waals surface area contributed by atoms with Crippen LogP contribution in [0.4, 0.5) is 0 Å². The molecule has 3 nitrogen and oxygen atoms in total. The molecular weight excluding hydrogens is 228 g/mol. The number of benzene rings is 1. The van der Waals surface area contributed by atoms with E-state index in [9.17, 15) is 9.90 Å². The Kier molecular flexibility index (Phi) is 5.75. The van der Waals surface area contributed by atoms with Crippen LogP contribution in [0.3, 0.4) is 0 Å². The van der Waals surface area contributed by atoms with Gasteiger partial charge in [-0.05, 0) is 31.9 Å². The Bertz CT molecular complexity index is 397. The van der Waals surface area contributed by atoms with Crippen molar-refractivity contribution in [1.82, 2.24) is 0 Å². The summed E-state index contributed by atoms with van der Waals surface area (Å²) in [5, 5.41) is 9.38. The van der Waals surface area contributed by atoms with Gasteiger partial charge in [0.05, 0.1) is 18.8 Å². The van der Waals surface area contributed by atoms with Gasteiger partial charge >= 0.3 is 0 Å². The molecule has 0 saturated carbocycles. The molecule has 0 aliphatic heterocycles. The molecule has 0 spiro atoms. The lowest BCUT2D eigenvalue weighted by molar-refractivity contribution is -0.112. The van der Waals surface area contributed by atoms with Crippen LogP contribution in [0, 0.1) is 0 Å². The van der Waals surface area contributed by atoms with Crippen LogP contribution in [0.25, 0.3) is 0 Å². The van der Waals surface area contributed by atoms with E-state index in [-0.39, 0.29) is 12.4 Å². The van der Waals surface area contributed by atoms with E-state index in [1.807, 2.05) is 37.3 Å². The van der Waals surface area contributed by atoms with Crippen LogP contribution in [0.15, 0.2) is 42.5 Å². The van der Waals surface area contributed by atoms with Gasteiger partial charge in [0.1, 0.15) is 0 Å². The van der Waals surface area contributed by atoms with Crippen molar-refractivity contribution in [2.45, 2.75) is 32.5 Å². The average molecular weight is 248 g/mol. The minimum Gasteiger partial charge on any atom is -0.393 e. The van der Waals surface area contributed by atoms with Gasteiger partial charge in [0.25, 0.3) is 0 Å². The highest BCUT2D eigenvalue weighted by Crippen LogP contribution is 2.18. The van der Waals surface area contributed by atoms with Gasteiger partial charge in [-0.3, -0.25) is 4.79 Å². The average Bonchev–Trinajstić information content (AvgIpc) is 2.37. The van der Waals surface area contributed by atoms with E-state index in [0.717, 1.165) is 5.56 Å². The Morgan fingerprint density at radius 2 is 2.06 bits per heavy atom. The molecule has 1 aromatic carbocycles. The van der Waals surface area contributed by atoms with Crippen LogP contribution in [0.2, 0.25) is 0 Å². The quantitative estimate of drug-likeness (QED) is 0.754. The highest BCUT2D eigenvalue weighted by Gasteiger charge is 2.22. The maximum atomic E-state index is 10.8. The van der Waals surface area contributed by atoms with Gasteiger partial charge in [0, 0.05) is 0 Å². The molecule has 0 radical (unpaired) electrons. The second-order valence-corrected chi connectivity index (χ2v) is 4.60. The lowest BCUT2D eigenvalue weighted by Crippen LogP contribution is -2.32. The predicted molar refractivity (Wildman–Crippen MR) is 71.2 cm³/mol. The second-order valence-electron chi connectivity index (χ2n) is 4.60. The summed E-state index contributed by atoms with van der Waals surface area (Å²) in [5.41, 5.74) is 0.412. The number of hydrogen-bond acceptors (Lipinski definition) is 3. The monoisotopic (exact) mass is 248 g/mol. The molecule has 0 aliphatic carbocycles. The number of carbonyl (C=O) groups is 1. The lowest BCUT2D eigenvalue weighted by atomic mass is 10.0. The van der Waals surface area contributed by atoms with Gasteiger partial charge in [0.15, 0.2) is 5.78 Å². The van der Waals surface area contributed by atoms with Gasteiger partial charge in [-0.15, -0.1) is 0 Å². The summed E-state index contributed by atoms with van der Waals surface area (Å²) in [6.45, 7) is 3.70. The highest BCUT2D eigenvalue weighted by atomic mass is 16.5. The van der Waals surface area contributed by atoms with E-state index in [1.54, 1.807) is 6.08 Å². The SMILES string of the molecule is CC(=O)C=CC[C@](C)(CO)OCc1ccccc1. The van der Waals surface area contributed by atoms with Crippen LogP contribution in [-0.4, -0.2) is 23.1 Å². The number of ketones is 1. The zero-order valence-corrected chi connectivity index (χ0v) is 10.9. The van der Waals surface area contributed by atoms with Crippen LogP contribution >= 0.6 is 0 Å². The second kappa shape index (κ2) is 7.09. The topological polar surface area (TPSA) is 46.5 Å². The molecule has 0 amide bonds. The van der Waals surface area contributed by atoms with Crippen LogP contribution in [0.5, 0.6) is 0 Å². The predicted octanol–water partition coefficient (Wildman–Crippen LogP) is 2.49. The minimum atomic E-state index is -0.651. The molecule has 0 aromatic heterocycles. The number of aliphatic hydroxyl groups is 1. The van der Waals surface area contributed by atoms with E-state index in [2.05, 4.69) is 0 Å². The first-order chi connectivity index (χ1) is 8.56. The molecule has 0 unspecified atom stereocenters. The van der Waals surface area contributed by atoms with Crippen LogP contribution in [-0.2, 0) is 16.1 Å². The summed E-state index contributed by atoms with van der Waals surface area (Å²) < 4.78 is 5.73. The third kappa shape index (κ3) is 5.25. The Hall–Kier alpha value is -1.45. The smallest absolute Gasteiger partial charge is 0.152 e. The molecule has 0 heterocycles. The lowest BCUT2D eigenvalue weighted by Gasteiger charge is -2.26. The van der Waals surface area contributed by atoms with E-state index < -0.39 is 5.60 Å². The van der Waals surface area contributed by atoms with E-state index >= 15 is 0 Å². The first kappa shape index (κ1) is 14.6. The number of ether oxygens (including phenoxy) is 1. The number of rotatable bonds is 7. The van der Waals surface area contributed by atoms with E-state index in [1.165, 1.54) is 13.0 Å². The Morgan fingerprint density at radius 3 is 2.61 bits per heavy atom. The summed E-state index contributed by atoms with van der Waals surface area (Å²) in [6.07, 6.45) is 3.75. The molecule has 18 heavy (non-hydrogen) atoms. The Balaban J connectivity index is 2.52. The fourth-order valence-electron chi connectivity index (χ4n) is 1.48. The molecule has 0 saturated heterocycles. The van der Waals surface area contributed by atoms with Gasteiger partial charge in [-0.2, -0.15) is 0 Å². The number of allylic oxidation sites excluding steroid dienone is 1. The Labute approximate surface area is 108 Å². The van der Waals surface area contributed by atoms with Crippen LogP contribution in [0.1, 0.15) is 25.8 Å². The summed E-state index contributed by atoms with van der Waals surface area (Å²) in [4.78, 5) is 10.8. The van der Waals surface area contributed by atoms with E-state index in [0.29, 0.717) is 13.0 Å². The molecule has 98 valence electrons. The number of aliphatic hydroxyl groups excluding tert-OH is 1. The summed E-state index contributed by atoms with van der Waals surface area (Å²) in [6, 6.07) is 9.80. The van der Waals surface area contributed by atoms with Crippen molar-refractivity contribution in [3.63, 3.8) is 0 Å². The standard InChI is InChI=1S/C15H20O3/c1-13(17)7-6-10-15(2,12-16)18-11-14-8-4-3-5-9-14/h3-9,16H,10-12H2,1-2H3/t15-/m1/s1. The summed E-state index contributed by atoms with van der Waals surface area (Å²) in [5.74, 6) is -0.00153. The number of carbonyl (C=O) groups excluding carboxylic acids is 1. The van der Waals surface area contributed by atoms with Gasteiger partial charge in [-0.25, -0.2) is 0 Å². The van der Waals surface area contributed by atoms with Crippen molar-refractivity contribution in [1.29, 1.82) is 0 Å². The van der Waals surface area contributed by atoms with Crippen molar-refractivity contribution in [3.05, 3.63) is 48.0 Å². The minimum absolute atomic E-state index is 0.00153. The van der Waals surface area contributed by atoms with Gasteiger partial charge in [0.2, 0.25) is 0 Å². The van der Waals surface area contributed by atoms with Gasteiger partial charge in [-0.1, -0.05) is 36.4 Å². The van der Waals surface area contributed by atoms with Crippen molar-refractivity contribution in [3.8, 4) is 0 Å². The Morgan fingerprint density at radius 1 is 1.39 bits per heavy atom. The fraction of sp³-hybridized carbons (Fsp3) is 0.400. The van der Waals surface area contributed by atoms with Crippen molar-refractivity contribution < 1.29 is 14.6 Å². The molecule has 1 rings (SSSR count). The zero-order chi connectivity index (χ0) is 13.4. The fourth-order valence-corrected chi connectivity index (χ4v) is 1.48. The highest BCUT2D eigenvalue weighted by molar-refractivity contribution is 5.87. The molecule has 1 aromatic rings. The first-order valence-corrected chi connectivity index (χ1v) is 6.01. The molecule has 3 heteroatoms. The first-order valence-electron chi connectivity index (χ1n) is 6.01. The largest absolute Gasteiger partial charge is 0.393 e. The third-order valence-electron chi connectivity index (χ3n) is 2.67. The van der Waals surface area contributed by atoms with Crippen molar-refractivity contribution in [2.75, 3.05) is 6.61 Å². The third-order valence-corrected chi connectivity index (χ3v) is 2.67. The molecule has 0 fully saturated rings. The molecular formula is C15H20O3. The maximum Gasteiger partial charge on any atom is 0.152 e. The van der Waals surface area contributed by atoms with Crippen molar-refractivity contribution in [2.24, 2.45) is 0 Å². The normalized spacial score (nSPS) is 14.6. The molecule has 1 N–H and O–H groups in total. The zero-order valence-electron chi connectivity index (χ0n) is 10.9. The summed E-state index contributed by atoms with van der Waals surface area (Å²) in [7, 11) is 0. The molecule has 0 bridgehead atoms. The summed E-state index contributed by atoms with van der Waals surface area (Å²) >= 11 is 0.